The monoisotopic (exact) mass is 514 g/mol. The van der Waals surface area contributed by atoms with E-state index >= 15 is 0 Å². The van der Waals surface area contributed by atoms with Crippen LogP contribution < -0.4 is 5.43 Å². The van der Waals surface area contributed by atoms with E-state index in [-0.39, 0.29) is 10.1 Å². The number of halogens is 1. The minimum absolute atomic E-state index is 0.213. The number of nitrogens with zero attached hydrogens (tertiary/aromatic N) is 3. The van der Waals surface area contributed by atoms with E-state index in [2.05, 4.69) is 5.43 Å². The molecular weight excluding hydrogens is 495 g/mol. The molecule has 178 valence electrons. The first-order valence-electron chi connectivity index (χ1n) is 11.0. The third kappa shape index (κ3) is 4.84. The number of aryl methyl sites for hydroxylation is 1. The van der Waals surface area contributed by atoms with Crippen molar-refractivity contribution in [2.45, 2.75) is 6.92 Å². The normalized spacial score (nSPS) is 14.5. The molecule has 1 aliphatic heterocycles. The Morgan fingerprint density at radius 2 is 1.72 bits per heavy atom. The molecule has 0 unspecified atom stereocenters. The summed E-state index contributed by atoms with van der Waals surface area (Å²) in [6.07, 6.45) is 3.48. The molecule has 3 aromatic carbocycles. The van der Waals surface area contributed by atoms with Gasteiger partial charge in [-0.3, -0.25) is 15.0 Å². The van der Waals surface area contributed by atoms with Crippen LogP contribution in [0.15, 0.2) is 90.0 Å². The highest BCUT2D eigenvalue weighted by molar-refractivity contribution is 8.26. The quantitative estimate of drug-likeness (QED) is 0.280. The highest BCUT2D eigenvalue weighted by Crippen LogP contribution is 2.34. The van der Waals surface area contributed by atoms with Gasteiger partial charge in [0.05, 0.1) is 16.3 Å². The second-order valence-electron chi connectivity index (χ2n) is 8.04. The Kier molecular flexibility index (Phi) is 6.49. The second kappa shape index (κ2) is 9.88. The summed E-state index contributed by atoms with van der Waals surface area (Å²) in [5, 5.41) is 5.77. The van der Waals surface area contributed by atoms with E-state index in [1.807, 2.05) is 49.4 Å². The average Bonchev–Trinajstić information content (AvgIpc) is 3.42. The van der Waals surface area contributed by atoms with E-state index in [0.29, 0.717) is 27.3 Å². The first-order chi connectivity index (χ1) is 17.4. The fourth-order valence-electron chi connectivity index (χ4n) is 3.61. The number of thioether (sulfide) groups is 1. The van der Waals surface area contributed by atoms with Gasteiger partial charge in [-0.15, -0.1) is 0 Å². The van der Waals surface area contributed by atoms with Crippen LogP contribution in [-0.2, 0) is 4.79 Å². The Hall–Kier alpha value is -4.08. The molecule has 0 bridgehead atoms. The van der Waals surface area contributed by atoms with Crippen LogP contribution in [0.3, 0.4) is 0 Å². The summed E-state index contributed by atoms with van der Waals surface area (Å²) in [6.45, 7) is 1.93. The number of benzene rings is 3. The SMILES string of the molecule is Cc1ccc(C(=O)NN2C(=O)C(=Cc3cn(-c4ccccc4)nc3-c3ccc(F)cc3)SC2=S)cc1. The predicted octanol–water partition coefficient (Wildman–Crippen LogP) is 5.53. The van der Waals surface area contributed by atoms with E-state index in [4.69, 9.17) is 17.3 Å². The second-order valence-corrected chi connectivity index (χ2v) is 9.72. The molecule has 1 fully saturated rings. The maximum absolute atomic E-state index is 13.5. The summed E-state index contributed by atoms with van der Waals surface area (Å²) in [4.78, 5) is 26.2. The number of hydrazine groups is 1. The Morgan fingerprint density at radius 3 is 2.42 bits per heavy atom. The van der Waals surface area contributed by atoms with Crippen molar-refractivity contribution in [1.82, 2.24) is 20.2 Å². The first kappa shape index (κ1) is 23.7. The molecule has 1 N–H and O–H groups in total. The van der Waals surface area contributed by atoms with Crippen molar-refractivity contribution < 1.29 is 14.0 Å². The fourth-order valence-corrected chi connectivity index (χ4v) is 4.78. The zero-order chi connectivity index (χ0) is 25.2. The topological polar surface area (TPSA) is 67.2 Å². The predicted molar refractivity (Wildman–Crippen MR) is 143 cm³/mol. The van der Waals surface area contributed by atoms with Gasteiger partial charge in [-0.2, -0.15) is 10.1 Å². The molecule has 0 atom stereocenters. The molecule has 0 radical (unpaired) electrons. The van der Waals surface area contributed by atoms with E-state index in [0.717, 1.165) is 28.0 Å². The van der Waals surface area contributed by atoms with Crippen molar-refractivity contribution >= 4 is 46.2 Å². The molecule has 4 aromatic rings. The van der Waals surface area contributed by atoms with Crippen molar-refractivity contribution in [3.8, 4) is 16.9 Å². The zero-order valence-corrected chi connectivity index (χ0v) is 20.6. The molecule has 5 rings (SSSR count). The summed E-state index contributed by atoms with van der Waals surface area (Å²) in [6, 6.07) is 22.5. The van der Waals surface area contributed by atoms with Crippen molar-refractivity contribution in [1.29, 1.82) is 0 Å². The Balaban J connectivity index is 1.47. The molecule has 0 aliphatic carbocycles. The number of nitrogens with one attached hydrogen (secondary N) is 1. The standard InChI is InChI=1S/C27H19FN4O2S2/c1-17-7-9-19(10-8-17)25(33)30-32-26(34)23(36-27(32)35)15-20-16-31(22-5-3-2-4-6-22)29-24(20)18-11-13-21(28)14-12-18/h2-16H,1H3,(H,30,33). The number of aromatic nitrogens is 2. The summed E-state index contributed by atoms with van der Waals surface area (Å²) >= 11 is 6.46. The lowest BCUT2D eigenvalue weighted by atomic mass is 10.1. The van der Waals surface area contributed by atoms with Gasteiger partial charge in [-0.1, -0.05) is 47.7 Å². The summed E-state index contributed by atoms with van der Waals surface area (Å²) < 4.78 is 15.5. The lowest BCUT2D eigenvalue weighted by Crippen LogP contribution is -2.44. The van der Waals surface area contributed by atoms with Crippen molar-refractivity contribution in [3.63, 3.8) is 0 Å². The molecular formula is C27H19FN4O2S2. The van der Waals surface area contributed by atoms with Gasteiger partial charge in [0.2, 0.25) is 0 Å². The Labute approximate surface area is 216 Å². The average molecular weight is 515 g/mol. The summed E-state index contributed by atoms with van der Waals surface area (Å²) in [5.74, 6) is -1.23. The van der Waals surface area contributed by atoms with Crippen LogP contribution in [0.4, 0.5) is 4.39 Å². The molecule has 0 spiro atoms. The van der Waals surface area contributed by atoms with Crippen LogP contribution in [-0.4, -0.2) is 30.9 Å². The van der Waals surface area contributed by atoms with Crippen molar-refractivity contribution in [2.75, 3.05) is 0 Å². The fraction of sp³-hybridized carbons (Fsp3) is 0.0370. The number of thiocarbonyl (C=S) groups is 1. The van der Waals surface area contributed by atoms with Gasteiger partial charge in [-0.05, 0) is 73.7 Å². The molecule has 1 saturated heterocycles. The van der Waals surface area contributed by atoms with E-state index in [9.17, 15) is 14.0 Å². The number of hydrogen-bond donors (Lipinski definition) is 1. The van der Waals surface area contributed by atoms with Crippen LogP contribution in [0.25, 0.3) is 23.0 Å². The van der Waals surface area contributed by atoms with Gasteiger partial charge < -0.3 is 0 Å². The maximum Gasteiger partial charge on any atom is 0.285 e. The zero-order valence-electron chi connectivity index (χ0n) is 19.0. The smallest absolute Gasteiger partial charge is 0.267 e. The molecule has 1 aromatic heterocycles. The minimum atomic E-state index is -0.442. The number of amides is 2. The van der Waals surface area contributed by atoms with Gasteiger partial charge >= 0.3 is 0 Å². The van der Waals surface area contributed by atoms with Crippen molar-refractivity contribution in [3.05, 3.63) is 112 Å². The van der Waals surface area contributed by atoms with Gasteiger partial charge in [0, 0.05) is 22.9 Å². The molecule has 2 heterocycles. The largest absolute Gasteiger partial charge is 0.285 e. The molecule has 36 heavy (non-hydrogen) atoms. The van der Waals surface area contributed by atoms with E-state index < -0.39 is 11.8 Å². The maximum atomic E-state index is 13.5. The summed E-state index contributed by atoms with van der Waals surface area (Å²) in [5.41, 5.74) is 6.78. The van der Waals surface area contributed by atoms with E-state index in [1.54, 1.807) is 41.2 Å². The van der Waals surface area contributed by atoms with Gasteiger partial charge in [0.15, 0.2) is 4.32 Å². The van der Waals surface area contributed by atoms with Crippen LogP contribution in [0, 0.1) is 12.7 Å². The Bertz CT molecular complexity index is 1500. The van der Waals surface area contributed by atoms with Gasteiger partial charge in [0.25, 0.3) is 11.8 Å². The third-order valence-corrected chi connectivity index (χ3v) is 6.79. The number of rotatable bonds is 5. The highest BCUT2D eigenvalue weighted by Gasteiger charge is 2.34. The van der Waals surface area contributed by atoms with Crippen LogP contribution >= 0.6 is 24.0 Å². The number of para-hydroxylation sites is 1. The molecule has 0 saturated carbocycles. The van der Waals surface area contributed by atoms with Crippen LogP contribution in [0.5, 0.6) is 0 Å². The minimum Gasteiger partial charge on any atom is -0.267 e. The van der Waals surface area contributed by atoms with Crippen molar-refractivity contribution in [2.24, 2.45) is 0 Å². The molecule has 1 aliphatic rings. The van der Waals surface area contributed by atoms with E-state index in [1.165, 1.54) is 12.1 Å². The molecule has 6 nitrogen and oxygen atoms in total. The third-order valence-electron chi connectivity index (χ3n) is 5.49. The first-order valence-corrected chi connectivity index (χ1v) is 12.2. The van der Waals surface area contributed by atoms with Gasteiger partial charge in [0.1, 0.15) is 5.82 Å². The lowest BCUT2D eigenvalue weighted by Gasteiger charge is -2.15. The van der Waals surface area contributed by atoms with Crippen LogP contribution in [0.1, 0.15) is 21.5 Å². The van der Waals surface area contributed by atoms with Crippen LogP contribution in [0.2, 0.25) is 0 Å². The lowest BCUT2D eigenvalue weighted by molar-refractivity contribution is -0.123. The highest BCUT2D eigenvalue weighted by atomic mass is 32.2. The number of carbonyl (C=O) groups is 2. The Morgan fingerprint density at radius 1 is 1.03 bits per heavy atom. The molecule has 2 amide bonds. The van der Waals surface area contributed by atoms with Gasteiger partial charge in [-0.25, -0.2) is 9.07 Å². The molecule has 9 heteroatoms. The number of hydrogen-bond acceptors (Lipinski definition) is 5. The summed E-state index contributed by atoms with van der Waals surface area (Å²) in [7, 11) is 0. The number of carbonyl (C=O) groups excluding carboxylic acids is 2.